The fraction of sp³-hybridized carbons (Fsp3) is 0.438. The number of aryl methyl sites for hydroxylation is 1. The standard InChI is InChI=1S/C16H21ClN2O3S/c1-3-8-18-16(20)13-6-9-19(10-7-13)23(21,22)14-4-5-15(17)12(2)11-14/h3-5,11,13H,1,6-10H2,2H3,(H,18,20). The summed E-state index contributed by atoms with van der Waals surface area (Å²) in [6.45, 7) is 6.45. The number of hydrogen-bond acceptors (Lipinski definition) is 3. The van der Waals surface area contributed by atoms with Crippen LogP contribution in [0, 0.1) is 12.8 Å². The zero-order chi connectivity index (χ0) is 17.0. The van der Waals surface area contributed by atoms with Crippen LogP contribution in [0.3, 0.4) is 0 Å². The molecule has 1 fully saturated rings. The highest BCUT2D eigenvalue weighted by atomic mass is 35.5. The summed E-state index contributed by atoms with van der Waals surface area (Å²) in [6, 6.07) is 4.70. The smallest absolute Gasteiger partial charge is 0.243 e. The van der Waals surface area contributed by atoms with Gasteiger partial charge in [-0.1, -0.05) is 17.7 Å². The molecule has 2 rings (SSSR count). The van der Waals surface area contributed by atoms with E-state index in [1.807, 2.05) is 0 Å². The van der Waals surface area contributed by atoms with Gasteiger partial charge in [-0.25, -0.2) is 8.42 Å². The zero-order valence-electron chi connectivity index (χ0n) is 13.1. The molecule has 1 aliphatic rings. The normalized spacial score (nSPS) is 17.0. The maximum atomic E-state index is 12.7. The molecule has 0 spiro atoms. The average molecular weight is 357 g/mol. The minimum Gasteiger partial charge on any atom is -0.352 e. The summed E-state index contributed by atoms with van der Waals surface area (Å²) in [5.41, 5.74) is 0.728. The van der Waals surface area contributed by atoms with Gasteiger partial charge in [-0.15, -0.1) is 6.58 Å². The van der Waals surface area contributed by atoms with Crippen molar-refractivity contribution in [1.82, 2.24) is 9.62 Å². The van der Waals surface area contributed by atoms with E-state index in [4.69, 9.17) is 11.6 Å². The summed E-state index contributed by atoms with van der Waals surface area (Å²) in [5.74, 6) is -0.183. The van der Waals surface area contributed by atoms with Crippen LogP contribution in [0.15, 0.2) is 35.7 Å². The molecule has 126 valence electrons. The Morgan fingerprint density at radius 2 is 2.09 bits per heavy atom. The molecule has 1 aromatic rings. The van der Waals surface area contributed by atoms with Crippen molar-refractivity contribution in [1.29, 1.82) is 0 Å². The van der Waals surface area contributed by atoms with Gasteiger partial charge in [0.05, 0.1) is 4.90 Å². The zero-order valence-corrected chi connectivity index (χ0v) is 14.7. The van der Waals surface area contributed by atoms with Gasteiger partial charge in [-0.2, -0.15) is 4.31 Å². The number of carbonyl (C=O) groups excluding carboxylic acids is 1. The lowest BCUT2D eigenvalue weighted by Crippen LogP contribution is -2.43. The van der Waals surface area contributed by atoms with Crippen molar-refractivity contribution >= 4 is 27.5 Å². The number of rotatable bonds is 5. The molecule has 0 radical (unpaired) electrons. The molecule has 0 unspecified atom stereocenters. The predicted octanol–water partition coefficient (Wildman–Crippen LogP) is 2.35. The van der Waals surface area contributed by atoms with E-state index in [0.717, 1.165) is 5.56 Å². The molecular formula is C16H21ClN2O3S. The van der Waals surface area contributed by atoms with Crippen molar-refractivity contribution in [2.75, 3.05) is 19.6 Å². The topological polar surface area (TPSA) is 66.5 Å². The summed E-state index contributed by atoms with van der Waals surface area (Å²) >= 11 is 5.95. The number of nitrogens with one attached hydrogen (secondary N) is 1. The lowest BCUT2D eigenvalue weighted by Gasteiger charge is -2.30. The molecule has 1 aromatic carbocycles. The van der Waals surface area contributed by atoms with Crippen LogP contribution in [0.5, 0.6) is 0 Å². The highest BCUT2D eigenvalue weighted by molar-refractivity contribution is 7.89. The largest absolute Gasteiger partial charge is 0.352 e. The van der Waals surface area contributed by atoms with E-state index in [9.17, 15) is 13.2 Å². The molecule has 23 heavy (non-hydrogen) atoms. The molecule has 1 amide bonds. The Hall–Kier alpha value is -1.37. The van der Waals surface area contributed by atoms with Crippen LogP contribution < -0.4 is 5.32 Å². The molecule has 0 aromatic heterocycles. The fourth-order valence-corrected chi connectivity index (χ4v) is 4.28. The van der Waals surface area contributed by atoms with E-state index in [2.05, 4.69) is 11.9 Å². The molecule has 1 saturated heterocycles. The van der Waals surface area contributed by atoms with Crippen molar-refractivity contribution in [3.63, 3.8) is 0 Å². The van der Waals surface area contributed by atoms with Gasteiger partial charge in [0.25, 0.3) is 0 Å². The van der Waals surface area contributed by atoms with Gasteiger partial charge < -0.3 is 5.32 Å². The first kappa shape index (κ1) is 18.0. The third-order valence-corrected chi connectivity index (χ3v) is 6.33. The van der Waals surface area contributed by atoms with Gasteiger partial charge in [0.15, 0.2) is 0 Å². The number of amides is 1. The van der Waals surface area contributed by atoms with E-state index in [-0.39, 0.29) is 16.7 Å². The van der Waals surface area contributed by atoms with E-state index in [1.165, 1.54) is 10.4 Å². The third-order valence-electron chi connectivity index (χ3n) is 4.01. The summed E-state index contributed by atoms with van der Waals surface area (Å²) in [4.78, 5) is 12.2. The molecule has 1 N–H and O–H groups in total. The molecule has 1 heterocycles. The fourth-order valence-electron chi connectivity index (χ4n) is 2.60. The lowest BCUT2D eigenvalue weighted by atomic mass is 9.97. The quantitative estimate of drug-likeness (QED) is 0.823. The number of hydrogen-bond donors (Lipinski definition) is 1. The van der Waals surface area contributed by atoms with Crippen LogP contribution in [0.1, 0.15) is 18.4 Å². The van der Waals surface area contributed by atoms with Gasteiger partial charge >= 0.3 is 0 Å². The van der Waals surface area contributed by atoms with E-state index in [1.54, 1.807) is 25.1 Å². The van der Waals surface area contributed by atoms with Gasteiger partial charge in [0.2, 0.25) is 15.9 Å². The summed E-state index contributed by atoms with van der Waals surface area (Å²) in [5, 5.41) is 3.30. The Morgan fingerprint density at radius 3 is 2.65 bits per heavy atom. The average Bonchev–Trinajstić information content (AvgIpc) is 2.55. The van der Waals surface area contributed by atoms with E-state index in [0.29, 0.717) is 37.5 Å². The first-order valence-corrected chi connectivity index (χ1v) is 9.33. The van der Waals surface area contributed by atoms with Crippen LogP contribution in [0.2, 0.25) is 5.02 Å². The van der Waals surface area contributed by atoms with Gasteiger partial charge in [-0.05, 0) is 43.5 Å². The molecule has 0 atom stereocenters. The number of carbonyl (C=O) groups is 1. The predicted molar refractivity (Wildman–Crippen MR) is 90.9 cm³/mol. The SMILES string of the molecule is C=CCNC(=O)C1CCN(S(=O)(=O)c2ccc(Cl)c(C)c2)CC1. The Labute approximate surface area is 142 Å². The number of nitrogens with zero attached hydrogens (tertiary/aromatic N) is 1. The van der Waals surface area contributed by atoms with Crippen molar-refractivity contribution in [2.45, 2.75) is 24.7 Å². The molecule has 0 aliphatic carbocycles. The van der Waals surface area contributed by atoms with Crippen LogP contribution in [0.25, 0.3) is 0 Å². The van der Waals surface area contributed by atoms with Crippen molar-refractivity contribution in [3.05, 3.63) is 41.4 Å². The Balaban J connectivity index is 2.05. The lowest BCUT2D eigenvalue weighted by molar-refractivity contribution is -0.125. The second kappa shape index (κ2) is 7.47. The first-order chi connectivity index (χ1) is 10.9. The van der Waals surface area contributed by atoms with Crippen molar-refractivity contribution in [2.24, 2.45) is 5.92 Å². The molecular weight excluding hydrogens is 336 g/mol. The monoisotopic (exact) mass is 356 g/mol. The van der Waals surface area contributed by atoms with Crippen LogP contribution in [0.4, 0.5) is 0 Å². The number of halogens is 1. The van der Waals surface area contributed by atoms with E-state index >= 15 is 0 Å². The molecule has 5 nitrogen and oxygen atoms in total. The second-order valence-electron chi connectivity index (χ2n) is 5.62. The third kappa shape index (κ3) is 4.13. The Morgan fingerprint density at radius 1 is 1.43 bits per heavy atom. The number of benzene rings is 1. The molecule has 0 bridgehead atoms. The second-order valence-corrected chi connectivity index (χ2v) is 7.97. The summed E-state index contributed by atoms with van der Waals surface area (Å²) in [7, 11) is -3.54. The molecule has 7 heteroatoms. The van der Waals surface area contributed by atoms with Crippen molar-refractivity contribution < 1.29 is 13.2 Å². The van der Waals surface area contributed by atoms with Crippen LogP contribution in [-0.4, -0.2) is 38.3 Å². The Bertz CT molecular complexity index is 695. The van der Waals surface area contributed by atoms with Crippen LogP contribution in [-0.2, 0) is 14.8 Å². The molecule has 1 aliphatic heterocycles. The summed E-state index contributed by atoms with van der Waals surface area (Å²) in [6.07, 6.45) is 2.67. The number of piperidine rings is 1. The minimum atomic E-state index is -3.54. The maximum Gasteiger partial charge on any atom is 0.243 e. The highest BCUT2D eigenvalue weighted by Gasteiger charge is 2.32. The Kier molecular flexibility index (Phi) is 5.84. The van der Waals surface area contributed by atoms with Crippen molar-refractivity contribution in [3.8, 4) is 0 Å². The first-order valence-electron chi connectivity index (χ1n) is 7.51. The summed E-state index contributed by atoms with van der Waals surface area (Å²) < 4.78 is 26.8. The van der Waals surface area contributed by atoms with Crippen LogP contribution >= 0.6 is 11.6 Å². The van der Waals surface area contributed by atoms with Gasteiger partial charge in [0.1, 0.15) is 0 Å². The number of sulfonamides is 1. The van der Waals surface area contributed by atoms with Gasteiger partial charge in [0, 0.05) is 30.6 Å². The molecule has 0 saturated carbocycles. The van der Waals surface area contributed by atoms with Gasteiger partial charge in [-0.3, -0.25) is 4.79 Å². The maximum absolute atomic E-state index is 12.7. The highest BCUT2D eigenvalue weighted by Crippen LogP contribution is 2.26. The minimum absolute atomic E-state index is 0.0377. The van der Waals surface area contributed by atoms with E-state index < -0.39 is 10.0 Å².